The van der Waals surface area contributed by atoms with Gasteiger partial charge in [0.25, 0.3) is 0 Å². The van der Waals surface area contributed by atoms with Crippen molar-refractivity contribution in [2.45, 2.75) is 51.7 Å². The Labute approximate surface area is 108 Å². The Morgan fingerprint density at radius 1 is 1.44 bits per heavy atom. The van der Waals surface area contributed by atoms with Crippen molar-refractivity contribution in [3.63, 3.8) is 0 Å². The van der Waals surface area contributed by atoms with Gasteiger partial charge in [-0.15, -0.1) is 0 Å². The van der Waals surface area contributed by atoms with Crippen molar-refractivity contribution in [3.8, 4) is 5.75 Å². The van der Waals surface area contributed by atoms with Gasteiger partial charge in [0.1, 0.15) is 11.4 Å². The first-order chi connectivity index (χ1) is 8.43. The molecule has 1 aliphatic heterocycles. The van der Waals surface area contributed by atoms with E-state index in [4.69, 9.17) is 10.3 Å². The number of azide groups is 1. The van der Waals surface area contributed by atoms with Gasteiger partial charge in [-0.3, -0.25) is 0 Å². The summed E-state index contributed by atoms with van der Waals surface area (Å²) < 4.78 is 5.95. The van der Waals surface area contributed by atoms with E-state index in [-0.39, 0.29) is 11.6 Å². The lowest BCUT2D eigenvalue weighted by Crippen LogP contribution is -2.34. The van der Waals surface area contributed by atoms with Crippen molar-refractivity contribution in [2.24, 2.45) is 5.11 Å². The molecule has 1 aromatic carbocycles. The number of rotatable bonds is 2. The molecule has 1 atom stereocenters. The van der Waals surface area contributed by atoms with E-state index in [0.717, 1.165) is 11.3 Å². The van der Waals surface area contributed by atoms with Crippen LogP contribution in [0.4, 0.5) is 0 Å². The Kier molecular flexibility index (Phi) is 3.22. The van der Waals surface area contributed by atoms with Gasteiger partial charge in [-0.2, -0.15) is 0 Å². The van der Waals surface area contributed by atoms with Crippen LogP contribution in [0.25, 0.3) is 10.4 Å². The molecule has 0 aliphatic carbocycles. The molecule has 0 spiro atoms. The molecular weight excluding hydrogens is 226 g/mol. The summed E-state index contributed by atoms with van der Waals surface area (Å²) in [6.45, 7) is 8.34. The van der Waals surface area contributed by atoms with Crippen molar-refractivity contribution in [1.29, 1.82) is 0 Å². The predicted octanol–water partition coefficient (Wildman–Crippen LogP) is 4.72. The minimum absolute atomic E-state index is 0.132. The van der Waals surface area contributed by atoms with Crippen LogP contribution in [0.2, 0.25) is 0 Å². The van der Waals surface area contributed by atoms with Crippen LogP contribution >= 0.6 is 0 Å². The fourth-order valence-electron chi connectivity index (χ4n) is 2.36. The molecule has 1 aromatic rings. The third-order valence-electron chi connectivity index (χ3n) is 3.32. The largest absolute Gasteiger partial charge is 0.488 e. The first-order valence-electron chi connectivity index (χ1n) is 6.30. The van der Waals surface area contributed by atoms with Gasteiger partial charge in [-0.25, -0.2) is 0 Å². The van der Waals surface area contributed by atoms with Crippen LogP contribution in [0, 0.1) is 0 Å². The number of hydrogen-bond acceptors (Lipinski definition) is 2. The average molecular weight is 245 g/mol. The second-order valence-electron chi connectivity index (χ2n) is 5.74. The van der Waals surface area contributed by atoms with Crippen molar-refractivity contribution >= 4 is 0 Å². The highest BCUT2D eigenvalue weighted by molar-refractivity contribution is 5.42. The molecule has 0 fully saturated rings. The molecule has 2 rings (SSSR count). The molecule has 0 saturated carbocycles. The topological polar surface area (TPSA) is 58.0 Å². The van der Waals surface area contributed by atoms with Crippen LogP contribution < -0.4 is 4.74 Å². The molecule has 1 unspecified atom stereocenters. The van der Waals surface area contributed by atoms with Gasteiger partial charge in [-0.1, -0.05) is 31.1 Å². The van der Waals surface area contributed by atoms with Gasteiger partial charge >= 0.3 is 0 Å². The average Bonchev–Trinajstić information content (AvgIpc) is 2.27. The minimum Gasteiger partial charge on any atom is -0.488 e. The van der Waals surface area contributed by atoms with E-state index < -0.39 is 0 Å². The SMILES string of the molecule is CC(C)c1ccc2c(c1)C(N=[N+]=[N-])CC(C)(C)O2. The lowest BCUT2D eigenvalue weighted by atomic mass is 9.88. The lowest BCUT2D eigenvalue weighted by molar-refractivity contribution is 0.0728. The molecule has 1 aliphatic rings. The summed E-state index contributed by atoms with van der Waals surface area (Å²) in [7, 11) is 0. The summed E-state index contributed by atoms with van der Waals surface area (Å²) >= 11 is 0. The summed E-state index contributed by atoms with van der Waals surface area (Å²) in [6.07, 6.45) is 0.714. The van der Waals surface area contributed by atoms with E-state index in [1.807, 2.05) is 19.9 Å². The Hall–Kier alpha value is -1.67. The lowest BCUT2D eigenvalue weighted by Gasteiger charge is -2.36. The molecule has 4 heteroatoms. The third-order valence-corrected chi connectivity index (χ3v) is 3.32. The summed E-state index contributed by atoms with van der Waals surface area (Å²) in [5, 5.41) is 3.92. The van der Waals surface area contributed by atoms with E-state index >= 15 is 0 Å². The van der Waals surface area contributed by atoms with Crippen LogP contribution in [0.1, 0.15) is 57.2 Å². The second-order valence-corrected chi connectivity index (χ2v) is 5.74. The maximum absolute atomic E-state index is 8.71. The molecular formula is C14H19N3O. The van der Waals surface area contributed by atoms with Gasteiger partial charge in [0.05, 0.1) is 6.04 Å². The third kappa shape index (κ3) is 2.44. The van der Waals surface area contributed by atoms with Gasteiger partial charge in [-0.05, 0) is 43.3 Å². The van der Waals surface area contributed by atoms with Gasteiger partial charge in [0.2, 0.25) is 0 Å². The standard InChI is InChI=1S/C14H19N3O/c1-9(2)10-5-6-13-11(7-10)12(16-17-15)8-14(3,4)18-13/h5-7,9,12H,8H2,1-4H3. The molecule has 0 radical (unpaired) electrons. The van der Waals surface area contributed by atoms with Crippen molar-refractivity contribution < 1.29 is 4.74 Å². The first kappa shape index (κ1) is 12.8. The molecule has 0 N–H and O–H groups in total. The summed E-state index contributed by atoms with van der Waals surface area (Å²) in [6, 6.07) is 6.05. The second kappa shape index (κ2) is 4.54. The number of nitrogens with zero attached hydrogens (tertiary/aromatic N) is 3. The molecule has 0 bridgehead atoms. The number of ether oxygens (including phenoxy) is 1. The molecule has 96 valence electrons. The molecule has 18 heavy (non-hydrogen) atoms. The van der Waals surface area contributed by atoms with Crippen LogP contribution in [0.15, 0.2) is 23.3 Å². The van der Waals surface area contributed by atoms with E-state index in [1.165, 1.54) is 5.56 Å². The first-order valence-corrected chi connectivity index (χ1v) is 6.30. The Bertz CT molecular complexity index is 502. The summed E-state index contributed by atoms with van der Waals surface area (Å²) in [5.41, 5.74) is 10.7. The number of benzene rings is 1. The molecule has 1 heterocycles. The maximum Gasteiger partial charge on any atom is 0.123 e. The highest BCUT2D eigenvalue weighted by Crippen LogP contribution is 2.42. The molecule has 4 nitrogen and oxygen atoms in total. The van der Waals surface area contributed by atoms with Crippen LogP contribution in [0.3, 0.4) is 0 Å². The smallest absolute Gasteiger partial charge is 0.123 e. The zero-order chi connectivity index (χ0) is 13.3. The van der Waals surface area contributed by atoms with E-state index in [1.54, 1.807) is 0 Å². The van der Waals surface area contributed by atoms with Gasteiger partial charge in [0.15, 0.2) is 0 Å². The maximum atomic E-state index is 8.71. The number of fused-ring (bicyclic) bond motifs is 1. The van der Waals surface area contributed by atoms with Crippen LogP contribution in [0.5, 0.6) is 5.75 Å². The fourth-order valence-corrected chi connectivity index (χ4v) is 2.36. The Morgan fingerprint density at radius 3 is 2.78 bits per heavy atom. The quantitative estimate of drug-likeness (QED) is 0.422. The monoisotopic (exact) mass is 245 g/mol. The molecule has 0 aromatic heterocycles. The van der Waals surface area contributed by atoms with Crippen molar-refractivity contribution in [3.05, 3.63) is 39.8 Å². The van der Waals surface area contributed by atoms with Crippen LogP contribution in [-0.2, 0) is 0 Å². The zero-order valence-corrected chi connectivity index (χ0v) is 11.3. The minimum atomic E-state index is -0.287. The fraction of sp³-hybridized carbons (Fsp3) is 0.571. The van der Waals surface area contributed by atoms with E-state index in [0.29, 0.717) is 12.3 Å². The van der Waals surface area contributed by atoms with Gasteiger partial charge < -0.3 is 4.74 Å². The van der Waals surface area contributed by atoms with Crippen LogP contribution in [-0.4, -0.2) is 5.60 Å². The van der Waals surface area contributed by atoms with Gasteiger partial charge in [0, 0.05) is 10.5 Å². The van der Waals surface area contributed by atoms with E-state index in [9.17, 15) is 0 Å². The molecule has 0 amide bonds. The highest BCUT2D eigenvalue weighted by atomic mass is 16.5. The Morgan fingerprint density at radius 2 is 2.17 bits per heavy atom. The Balaban J connectivity index is 2.49. The normalized spacial score (nSPS) is 20.8. The summed E-state index contributed by atoms with van der Waals surface area (Å²) in [4.78, 5) is 2.97. The highest BCUT2D eigenvalue weighted by Gasteiger charge is 2.33. The van der Waals surface area contributed by atoms with Crippen molar-refractivity contribution in [1.82, 2.24) is 0 Å². The molecule has 0 saturated heterocycles. The predicted molar refractivity (Wildman–Crippen MR) is 71.7 cm³/mol. The van der Waals surface area contributed by atoms with Crippen molar-refractivity contribution in [2.75, 3.05) is 0 Å². The zero-order valence-electron chi connectivity index (χ0n) is 11.3. The summed E-state index contributed by atoms with van der Waals surface area (Å²) in [5.74, 6) is 1.30. The van der Waals surface area contributed by atoms with E-state index in [2.05, 4.69) is 36.0 Å². The number of hydrogen-bond donors (Lipinski definition) is 0.